The summed E-state index contributed by atoms with van der Waals surface area (Å²) >= 11 is 10.7. The van der Waals surface area contributed by atoms with Crippen molar-refractivity contribution in [3.8, 4) is 11.5 Å². The van der Waals surface area contributed by atoms with Crippen molar-refractivity contribution in [3.63, 3.8) is 0 Å². The Morgan fingerprint density at radius 3 is 2.86 bits per heavy atom. The van der Waals surface area contributed by atoms with E-state index >= 15 is 0 Å². The lowest BCUT2D eigenvalue weighted by Crippen LogP contribution is -1.95. The maximum absolute atomic E-state index is 11.3. The van der Waals surface area contributed by atoms with Gasteiger partial charge in [0.25, 0.3) is 0 Å². The smallest absolute Gasteiger partial charge is 0.338 e. The molecule has 106 valence electrons. The van der Waals surface area contributed by atoms with Gasteiger partial charge in [0.05, 0.1) is 20.2 Å². The lowest BCUT2D eigenvalue weighted by molar-refractivity contribution is -0.384. The molecule has 21 heavy (non-hydrogen) atoms. The third kappa shape index (κ3) is 2.72. The van der Waals surface area contributed by atoms with Gasteiger partial charge in [-0.05, 0) is 30.3 Å². The molecule has 0 bridgehead atoms. The van der Waals surface area contributed by atoms with E-state index in [9.17, 15) is 10.1 Å². The van der Waals surface area contributed by atoms with Crippen molar-refractivity contribution >= 4 is 54.8 Å². The zero-order valence-electron chi connectivity index (χ0n) is 10.2. The van der Waals surface area contributed by atoms with Crippen molar-refractivity contribution < 1.29 is 9.66 Å². The largest absolute Gasteiger partial charge is 0.448 e. The van der Waals surface area contributed by atoms with Gasteiger partial charge < -0.3 is 4.74 Å². The molecule has 0 radical (unpaired) electrons. The second kappa shape index (κ2) is 5.59. The highest BCUT2D eigenvalue weighted by Gasteiger charge is 2.23. The quantitative estimate of drug-likeness (QED) is 0.446. The van der Waals surface area contributed by atoms with Crippen LogP contribution < -0.4 is 4.74 Å². The number of thiazole rings is 1. The lowest BCUT2D eigenvalue weighted by atomic mass is 10.2. The summed E-state index contributed by atoms with van der Waals surface area (Å²) in [6.45, 7) is 0. The van der Waals surface area contributed by atoms with Crippen molar-refractivity contribution in [2.45, 2.75) is 0 Å². The Balaban J connectivity index is 2.14. The number of hydrogen-bond acceptors (Lipinski definition) is 5. The van der Waals surface area contributed by atoms with Crippen LogP contribution in [0.4, 0.5) is 5.69 Å². The Bertz CT molecular complexity index is 853. The average molecular weight is 386 g/mol. The first-order chi connectivity index (χ1) is 10.1. The molecular weight excluding hydrogens is 380 g/mol. The SMILES string of the molecule is O=[N+]([O-])c1c(Oc2cc(Br)ccc2Cl)ccc2scnc12. The number of benzene rings is 2. The number of rotatable bonds is 3. The molecular formula is C13H6BrClN2O3S. The zero-order valence-corrected chi connectivity index (χ0v) is 13.4. The Morgan fingerprint density at radius 1 is 1.29 bits per heavy atom. The van der Waals surface area contributed by atoms with Crippen LogP contribution >= 0.6 is 38.9 Å². The summed E-state index contributed by atoms with van der Waals surface area (Å²) in [5, 5.41) is 11.7. The van der Waals surface area contributed by atoms with E-state index in [-0.39, 0.29) is 11.4 Å². The van der Waals surface area contributed by atoms with Gasteiger partial charge in [0.15, 0.2) is 5.52 Å². The molecule has 0 atom stereocenters. The first-order valence-corrected chi connectivity index (χ1v) is 7.75. The van der Waals surface area contributed by atoms with Gasteiger partial charge in [0.2, 0.25) is 5.75 Å². The standard InChI is InChI=1S/C13H6BrClN2O3S/c14-7-1-2-8(15)10(5-7)20-9-3-4-11-12(16-6-21-11)13(9)17(18)19/h1-6H. The summed E-state index contributed by atoms with van der Waals surface area (Å²) in [6, 6.07) is 8.34. The van der Waals surface area contributed by atoms with Crippen molar-refractivity contribution in [1.82, 2.24) is 4.98 Å². The number of fused-ring (bicyclic) bond motifs is 1. The van der Waals surface area contributed by atoms with E-state index in [0.29, 0.717) is 16.3 Å². The first kappa shape index (κ1) is 14.2. The van der Waals surface area contributed by atoms with Gasteiger partial charge in [-0.2, -0.15) is 0 Å². The predicted molar refractivity (Wildman–Crippen MR) is 85.5 cm³/mol. The fourth-order valence-electron chi connectivity index (χ4n) is 1.83. The summed E-state index contributed by atoms with van der Waals surface area (Å²) in [5.41, 5.74) is 1.71. The number of halogens is 2. The van der Waals surface area contributed by atoms with Crippen LogP contribution in [0.25, 0.3) is 10.2 Å². The number of nitro groups is 1. The molecule has 0 amide bonds. The van der Waals surface area contributed by atoms with Crippen molar-refractivity contribution in [1.29, 1.82) is 0 Å². The third-order valence-corrected chi connectivity index (χ3v) is 4.33. The predicted octanol–water partition coefficient (Wildman–Crippen LogP) is 5.41. The number of aromatic nitrogens is 1. The summed E-state index contributed by atoms with van der Waals surface area (Å²) in [4.78, 5) is 14.9. The molecule has 1 heterocycles. The minimum Gasteiger partial charge on any atom is -0.448 e. The molecule has 0 aliphatic rings. The molecule has 0 aliphatic heterocycles. The lowest BCUT2D eigenvalue weighted by Gasteiger charge is -2.08. The van der Waals surface area contributed by atoms with E-state index in [4.69, 9.17) is 16.3 Å². The van der Waals surface area contributed by atoms with Crippen LogP contribution in [-0.4, -0.2) is 9.91 Å². The topological polar surface area (TPSA) is 65.3 Å². The maximum atomic E-state index is 11.3. The fraction of sp³-hybridized carbons (Fsp3) is 0. The highest BCUT2D eigenvalue weighted by molar-refractivity contribution is 9.10. The molecule has 0 fully saturated rings. The maximum Gasteiger partial charge on any atom is 0.338 e. The highest BCUT2D eigenvalue weighted by atomic mass is 79.9. The molecule has 0 spiro atoms. The monoisotopic (exact) mass is 384 g/mol. The van der Waals surface area contributed by atoms with Crippen LogP contribution in [0.15, 0.2) is 40.3 Å². The Hall–Kier alpha value is -1.70. The molecule has 2 aromatic carbocycles. The Labute approximate surface area is 136 Å². The molecule has 0 N–H and O–H groups in total. The second-order valence-electron chi connectivity index (χ2n) is 4.05. The van der Waals surface area contributed by atoms with E-state index in [1.54, 1.807) is 35.8 Å². The van der Waals surface area contributed by atoms with Gasteiger partial charge in [-0.3, -0.25) is 10.1 Å². The van der Waals surface area contributed by atoms with E-state index in [0.717, 1.165) is 9.17 Å². The van der Waals surface area contributed by atoms with Gasteiger partial charge in [-0.1, -0.05) is 27.5 Å². The summed E-state index contributed by atoms with van der Waals surface area (Å²) in [5.74, 6) is 0.446. The van der Waals surface area contributed by atoms with Crippen molar-refractivity contribution in [2.24, 2.45) is 0 Å². The molecule has 5 nitrogen and oxygen atoms in total. The average Bonchev–Trinajstić information content (AvgIpc) is 2.90. The number of hydrogen-bond donors (Lipinski definition) is 0. The van der Waals surface area contributed by atoms with Crippen molar-refractivity contribution in [3.05, 3.63) is 55.5 Å². The van der Waals surface area contributed by atoms with Crippen LogP contribution in [0.1, 0.15) is 0 Å². The highest BCUT2D eigenvalue weighted by Crippen LogP contribution is 2.40. The molecule has 0 unspecified atom stereocenters. The number of nitrogens with zero attached hydrogens (tertiary/aromatic N) is 2. The van der Waals surface area contributed by atoms with Crippen LogP contribution in [0.3, 0.4) is 0 Å². The summed E-state index contributed by atoms with van der Waals surface area (Å²) in [7, 11) is 0. The van der Waals surface area contributed by atoms with Crippen LogP contribution in [0.5, 0.6) is 11.5 Å². The van der Waals surface area contributed by atoms with Gasteiger partial charge in [0, 0.05) is 4.47 Å². The Kier molecular flexibility index (Phi) is 3.79. The minimum absolute atomic E-state index is 0.110. The van der Waals surface area contributed by atoms with Crippen LogP contribution in [-0.2, 0) is 0 Å². The van der Waals surface area contributed by atoms with E-state index in [1.165, 1.54) is 11.3 Å². The van der Waals surface area contributed by atoms with Gasteiger partial charge >= 0.3 is 5.69 Å². The van der Waals surface area contributed by atoms with Crippen LogP contribution in [0, 0.1) is 10.1 Å². The third-order valence-electron chi connectivity index (χ3n) is 2.73. The molecule has 0 saturated heterocycles. The molecule has 8 heteroatoms. The van der Waals surface area contributed by atoms with E-state index in [2.05, 4.69) is 20.9 Å². The minimum atomic E-state index is -0.497. The van der Waals surface area contributed by atoms with Crippen molar-refractivity contribution in [2.75, 3.05) is 0 Å². The fourth-order valence-corrected chi connectivity index (χ4v) is 3.01. The second-order valence-corrected chi connectivity index (χ2v) is 6.25. The molecule has 1 aromatic heterocycles. The van der Waals surface area contributed by atoms with E-state index in [1.807, 2.05) is 0 Å². The normalized spacial score (nSPS) is 10.8. The summed E-state index contributed by atoms with van der Waals surface area (Å²) < 4.78 is 7.12. The van der Waals surface area contributed by atoms with Crippen LogP contribution in [0.2, 0.25) is 5.02 Å². The first-order valence-electron chi connectivity index (χ1n) is 5.70. The number of ether oxygens (including phenoxy) is 1. The van der Waals surface area contributed by atoms with E-state index < -0.39 is 4.92 Å². The molecule has 3 aromatic rings. The number of nitro benzene ring substituents is 1. The molecule has 3 rings (SSSR count). The van der Waals surface area contributed by atoms with Gasteiger partial charge in [-0.25, -0.2) is 4.98 Å². The molecule has 0 aliphatic carbocycles. The Morgan fingerprint density at radius 2 is 2.10 bits per heavy atom. The zero-order chi connectivity index (χ0) is 15.0. The van der Waals surface area contributed by atoms with Gasteiger partial charge in [0.1, 0.15) is 5.75 Å². The van der Waals surface area contributed by atoms with Gasteiger partial charge in [-0.15, -0.1) is 11.3 Å². The molecule has 0 saturated carbocycles. The summed E-state index contributed by atoms with van der Waals surface area (Å²) in [6.07, 6.45) is 0.